The molecule has 0 bridgehead atoms. The summed E-state index contributed by atoms with van der Waals surface area (Å²) >= 11 is 0. The summed E-state index contributed by atoms with van der Waals surface area (Å²) in [6.45, 7) is 7.94. The molecule has 2 N–H and O–H groups in total. The Morgan fingerprint density at radius 1 is 1.27 bits per heavy atom. The molecule has 1 saturated heterocycles. The smallest absolute Gasteiger partial charge is 0.322 e. The highest BCUT2D eigenvalue weighted by Crippen LogP contribution is 2.28. The van der Waals surface area contributed by atoms with Crippen LogP contribution in [0.5, 0.6) is 0 Å². The van der Waals surface area contributed by atoms with Crippen LogP contribution in [0.4, 0.5) is 22.2 Å². The number of benzene rings is 2. The van der Waals surface area contributed by atoms with Crippen LogP contribution in [0.15, 0.2) is 53.1 Å². The summed E-state index contributed by atoms with van der Waals surface area (Å²) in [5, 5.41) is 6.11. The maximum absolute atomic E-state index is 12.0. The van der Waals surface area contributed by atoms with Gasteiger partial charge in [-0.3, -0.25) is 4.90 Å². The van der Waals surface area contributed by atoms with Gasteiger partial charge in [0.1, 0.15) is 12.0 Å². The molecular weight excluding hydrogens is 380 g/mol. The number of aromatic nitrogens is 1. The predicted molar refractivity (Wildman–Crippen MR) is 117 cm³/mol. The number of carbonyl (C=O) groups is 1. The number of nitrogens with one attached hydrogen (secondary N) is 2. The van der Waals surface area contributed by atoms with Crippen LogP contribution < -0.4 is 15.5 Å². The van der Waals surface area contributed by atoms with E-state index in [1.54, 1.807) is 11.2 Å². The fourth-order valence-electron chi connectivity index (χ4n) is 3.47. The first kappa shape index (κ1) is 20.0. The molecule has 0 aliphatic carbocycles. The van der Waals surface area contributed by atoms with Gasteiger partial charge in [0.05, 0.1) is 12.6 Å². The van der Waals surface area contributed by atoms with Crippen LogP contribution in [0.25, 0.3) is 11.3 Å². The van der Waals surface area contributed by atoms with Gasteiger partial charge in [-0.2, -0.15) is 4.98 Å². The molecule has 0 unspecified atom stereocenters. The van der Waals surface area contributed by atoms with Crippen molar-refractivity contribution in [1.29, 1.82) is 0 Å². The summed E-state index contributed by atoms with van der Waals surface area (Å²) < 4.78 is 11.1. The Morgan fingerprint density at radius 2 is 2.07 bits per heavy atom. The zero-order valence-electron chi connectivity index (χ0n) is 17.4. The Kier molecular flexibility index (Phi) is 5.72. The first-order chi connectivity index (χ1) is 14.5. The van der Waals surface area contributed by atoms with E-state index >= 15 is 0 Å². The fourth-order valence-corrected chi connectivity index (χ4v) is 3.47. The summed E-state index contributed by atoms with van der Waals surface area (Å²) in [6.07, 6.45) is 1.63. The second-order valence-corrected chi connectivity index (χ2v) is 7.40. The monoisotopic (exact) mass is 406 g/mol. The quantitative estimate of drug-likeness (QED) is 0.586. The van der Waals surface area contributed by atoms with Gasteiger partial charge >= 0.3 is 6.03 Å². The van der Waals surface area contributed by atoms with E-state index in [0.717, 1.165) is 33.8 Å². The summed E-state index contributed by atoms with van der Waals surface area (Å²) in [6, 6.07) is 14.4. The Bertz CT molecular complexity index is 1030. The zero-order chi connectivity index (χ0) is 21.1. The summed E-state index contributed by atoms with van der Waals surface area (Å²) in [7, 11) is 0. The average Bonchev–Trinajstić information content (AvgIpc) is 3.35. The molecule has 7 heteroatoms. The van der Waals surface area contributed by atoms with Gasteiger partial charge < -0.3 is 19.8 Å². The minimum Gasteiger partial charge on any atom is -0.431 e. The maximum atomic E-state index is 12.0. The third-order valence-electron chi connectivity index (χ3n) is 5.17. The van der Waals surface area contributed by atoms with E-state index in [2.05, 4.69) is 27.8 Å². The number of hydrogen-bond donors (Lipinski definition) is 2. The molecule has 1 aliphatic heterocycles. The van der Waals surface area contributed by atoms with E-state index in [-0.39, 0.29) is 12.1 Å². The van der Waals surface area contributed by atoms with E-state index in [1.165, 1.54) is 0 Å². The van der Waals surface area contributed by atoms with E-state index in [4.69, 9.17) is 9.15 Å². The van der Waals surface area contributed by atoms with Crippen molar-refractivity contribution in [2.45, 2.75) is 33.4 Å². The van der Waals surface area contributed by atoms with E-state index in [9.17, 15) is 4.79 Å². The largest absolute Gasteiger partial charge is 0.431 e. The summed E-state index contributed by atoms with van der Waals surface area (Å²) in [5.74, 6) is 0. The van der Waals surface area contributed by atoms with E-state index in [1.807, 2.05) is 51.1 Å². The van der Waals surface area contributed by atoms with Crippen molar-refractivity contribution in [3.05, 3.63) is 59.9 Å². The SMILES string of the molecule is CCOCc1ccc(C)c(Nc2nc(-c3ccc(N4C(=O)NC[C@H]4C)cc3)co2)c1. The predicted octanol–water partition coefficient (Wildman–Crippen LogP) is 4.85. The third-order valence-corrected chi connectivity index (χ3v) is 5.17. The fraction of sp³-hybridized carbons (Fsp3) is 0.304. The van der Waals surface area contributed by atoms with Gasteiger partial charge in [-0.05, 0) is 50.1 Å². The van der Waals surface area contributed by atoms with Crippen LogP contribution in [0.2, 0.25) is 0 Å². The zero-order valence-corrected chi connectivity index (χ0v) is 17.4. The van der Waals surface area contributed by atoms with Crippen molar-refractivity contribution in [1.82, 2.24) is 10.3 Å². The van der Waals surface area contributed by atoms with Crippen molar-refractivity contribution in [3.8, 4) is 11.3 Å². The number of rotatable bonds is 7. The van der Waals surface area contributed by atoms with Crippen molar-refractivity contribution in [2.24, 2.45) is 0 Å². The van der Waals surface area contributed by atoms with Gasteiger partial charge in [-0.1, -0.05) is 24.3 Å². The molecule has 4 rings (SSSR count). The molecular formula is C23H26N4O3. The van der Waals surface area contributed by atoms with E-state index < -0.39 is 0 Å². The molecule has 7 nitrogen and oxygen atoms in total. The molecule has 1 fully saturated rings. The Hall–Kier alpha value is -3.32. The maximum Gasteiger partial charge on any atom is 0.322 e. The molecule has 2 aromatic carbocycles. The Labute approximate surface area is 176 Å². The standard InChI is InChI=1S/C23H26N4O3/c1-4-29-13-17-6-5-15(2)20(11-17)25-22-26-21(14-30-22)18-7-9-19(10-8-18)27-16(3)12-24-23(27)28/h5-11,14,16H,4,12-13H2,1-3H3,(H,24,28)(H,25,26)/t16-/m1/s1. The van der Waals surface area contributed by atoms with Crippen LogP contribution in [0.1, 0.15) is 25.0 Å². The molecule has 156 valence electrons. The molecule has 1 aliphatic rings. The number of ether oxygens (including phenoxy) is 1. The lowest BCUT2D eigenvalue weighted by molar-refractivity contribution is 0.134. The first-order valence-corrected chi connectivity index (χ1v) is 10.1. The molecule has 2 heterocycles. The number of aryl methyl sites for hydroxylation is 1. The summed E-state index contributed by atoms with van der Waals surface area (Å²) in [5.41, 5.74) is 5.63. The Morgan fingerprint density at radius 3 is 2.77 bits per heavy atom. The number of carbonyl (C=O) groups excluding carboxylic acids is 1. The highest BCUT2D eigenvalue weighted by Gasteiger charge is 2.28. The number of nitrogens with zero attached hydrogens (tertiary/aromatic N) is 2. The van der Waals surface area contributed by atoms with Gasteiger partial charge in [0, 0.05) is 30.1 Å². The van der Waals surface area contributed by atoms with Crippen LogP contribution in [-0.2, 0) is 11.3 Å². The second-order valence-electron chi connectivity index (χ2n) is 7.40. The number of amides is 2. The van der Waals surface area contributed by atoms with Crippen LogP contribution in [0, 0.1) is 6.92 Å². The number of urea groups is 1. The van der Waals surface area contributed by atoms with Crippen molar-refractivity contribution < 1.29 is 13.9 Å². The highest BCUT2D eigenvalue weighted by molar-refractivity contribution is 5.95. The van der Waals surface area contributed by atoms with Gasteiger partial charge in [0.2, 0.25) is 0 Å². The normalized spacial score (nSPS) is 16.0. The second kappa shape index (κ2) is 8.59. The van der Waals surface area contributed by atoms with Crippen LogP contribution >= 0.6 is 0 Å². The van der Waals surface area contributed by atoms with E-state index in [0.29, 0.717) is 25.8 Å². The number of anilines is 3. The minimum atomic E-state index is -0.0647. The number of oxazole rings is 1. The number of hydrogen-bond acceptors (Lipinski definition) is 5. The molecule has 1 aromatic heterocycles. The van der Waals surface area contributed by atoms with Crippen LogP contribution in [0.3, 0.4) is 0 Å². The molecule has 2 amide bonds. The summed E-state index contributed by atoms with van der Waals surface area (Å²) in [4.78, 5) is 18.3. The molecule has 30 heavy (non-hydrogen) atoms. The Balaban J connectivity index is 1.49. The lowest BCUT2D eigenvalue weighted by Crippen LogP contribution is -2.32. The first-order valence-electron chi connectivity index (χ1n) is 10.1. The van der Waals surface area contributed by atoms with Crippen molar-refractivity contribution in [2.75, 3.05) is 23.4 Å². The minimum absolute atomic E-state index is 0.0647. The molecule has 3 aromatic rings. The molecule has 0 saturated carbocycles. The van der Waals surface area contributed by atoms with Crippen molar-refractivity contribution >= 4 is 23.4 Å². The van der Waals surface area contributed by atoms with Gasteiger partial charge in [-0.15, -0.1) is 0 Å². The van der Waals surface area contributed by atoms with Gasteiger partial charge in [-0.25, -0.2) is 4.79 Å². The topological polar surface area (TPSA) is 79.6 Å². The van der Waals surface area contributed by atoms with Crippen molar-refractivity contribution in [3.63, 3.8) is 0 Å². The van der Waals surface area contributed by atoms with Crippen LogP contribution in [-0.4, -0.2) is 30.2 Å². The van der Waals surface area contributed by atoms with Gasteiger partial charge in [0.25, 0.3) is 6.01 Å². The average molecular weight is 406 g/mol. The lowest BCUT2D eigenvalue weighted by atomic mass is 10.1. The van der Waals surface area contributed by atoms with Gasteiger partial charge in [0.15, 0.2) is 0 Å². The third kappa shape index (κ3) is 4.16. The molecule has 1 atom stereocenters. The molecule has 0 spiro atoms. The highest BCUT2D eigenvalue weighted by atomic mass is 16.5. The molecule has 0 radical (unpaired) electrons. The lowest BCUT2D eigenvalue weighted by Gasteiger charge is -2.19.